The lowest BCUT2D eigenvalue weighted by molar-refractivity contribution is -0.144. The second-order valence-corrected chi connectivity index (χ2v) is 8.82. The Morgan fingerprint density at radius 1 is 1.10 bits per heavy atom. The van der Waals surface area contributed by atoms with Crippen molar-refractivity contribution in [3.05, 3.63) is 23.8 Å². The molecule has 2 aliphatic heterocycles. The molecule has 0 spiro atoms. The molecule has 4 rings (SSSR count). The molecule has 2 saturated heterocycles. The largest absolute Gasteiger partial charge is 0.497 e. The summed E-state index contributed by atoms with van der Waals surface area (Å²) in [6.07, 6.45) is 6.92. The minimum absolute atomic E-state index is 0.0503. The average Bonchev–Trinajstić information content (AvgIpc) is 3.28. The first-order valence-electron chi connectivity index (χ1n) is 11.0. The number of nitrogens with zero attached hydrogens (tertiary/aromatic N) is 2. The molecule has 1 aromatic rings. The quantitative estimate of drug-likeness (QED) is 0.820. The van der Waals surface area contributed by atoms with Gasteiger partial charge in [-0.3, -0.25) is 9.69 Å². The van der Waals surface area contributed by atoms with E-state index in [0.717, 1.165) is 81.6 Å². The number of hydrogen-bond acceptors (Lipinski definition) is 5. The Labute approximate surface area is 173 Å². The number of amides is 1. The Morgan fingerprint density at radius 2 is 1.90 bits per heavy atom. The smallest absolute Gasteiger partial charge is 0.236 e. The summed E-state index contributed by atoms with van der Waals surface area (Å²) in [5, 5.41) is 11.5. The molecule has 1 saturated carbocycles. The molecular weight excluding hydrogens is 368 g/mol. The number of likely N-dealkylation sites (tertiary alicyclic amines) is 2. The summed E-state index contributed by atoms with van der Waals surface area (Å²) in [5.74, 6) is 1.87. The van der Waals surface area contributed by atoms with Gasteiger partial charge in [0.15, 0.2) is 0 Å². The molecule has 0 unspecified atom stereocenters. The summed E-state index contributed by atoms with van der Waals surface area (Å²) in [6.45, 7) is 2.86. The molecule has 0 bridgehead atoms. The highest BCUT2D eigenvalue weighted by atomic mass is 16.5. The molecule has 0 radical (unpaired) electrons. The van der Waals surface area contributed by atoms with Crippen LogP contribution >= 0.6 is 0 Å². The number of ether oxygens (including phenoxy) is 2. The molecule has 2 heterocycles. The zero-order valence-corrected chi connectivity index (χ0v) is 17.7. The van der Waals surface area contributed by atoms with E-state index in [9.17, 15) is 9.90 Å². The number of rotatable bonds is 5. The predicted octanol–water partition coefficient (Wildman–Crippen LogP) is 2.99. The van der Waals surface area contributed by atoms with E-state index >= 15 is 0 Å². The third-order valence-electron chi connectivity index (χ3n) is 7.22. The van der Waals surface area contributed by atoms with Crippen LogP contribution in [0.15, 0.2) is 18.2 Å². The topological polar surface area (TPSA) is 62.2 Å². The standard InChI is InChI=1S/C23H34N2O4/c1-28-17-8-9-20(29-2)18(15-17)22-19-7-3-4-10-23(19,27)11-14-25(22)16-21(26)24-12-5-6-13-24/h8-9,15,19,22,27H,3-7,10-14,16H2,1-2H3/t19-,22+,23+/m0/s1. The number of carbonyl (C=O) groups is 1. The second kappa shape index (κ2) is 8.52. The Morgan fingerprint density at radius 3 is 2.62 bits per heavy atom. The van der Waals surface area contributed by atoms with E-state index in [4.69, 9.17) is 9.47 Å². The minimum Gasteiger partial charge on any atom is -0.497 e. The van der Waals surface area contributed by atoms with Gasteiger partial charge in [0.05, 0.1) is 26.4 Å². The highest BCUT2D eigenvalue weighted by molar-refractivity contribution is 5.78. The maximum absolute atomic E-state index is 13.0. The average molecular weight is 403 g/mol. The van der Waals surface area contributed by atoms with Gasteiger partial charge in [0.2, 0.25) is 5.91 Å². The molecule has 6 heteroatoms. The van der Waals surface area contributed by atoms with Gasteiger partial charge in [0, 0.05) is 37.2 Å². The Balaban J connectivity index is 1.69. The number of fused-ring (bicyclic) bond motifs is 1. The summed E-state index contributed by atoms with van der Waals surface area (Å²) < 4.78 is 11.2. The van der Waals surface area contributed by atoms with Crippen LogP contribution in [0.25, 0.3) is 0 Å². The molecular formula is C23H34N2O4. The van der Waals surface area contributed by atoms with Crippen molar-refractivity contribution in [3.8, 4) is 11.5 Å². The first-order valence-corrected chi connectivity index (χ1v) is 11.0. The number of piperidine rings is 1. The van der Waals surface area contributed by atoms with Crippen molar-refractivity contribution in [2.45, 2.75) is 56.6 Å². The van der Waals surface area contributed by atoms with Crippen molar-refractivity contribution < 1.29 is 19.4 Å². The van der Waals surface area contributed by atoms with Gasteiger partial charge >= 0.3 is 0 Å². The Bertz CT molecular complexity index is 734. The second-order valence-electron chi connectivity index (χ2n) is 8.82. The molecule has 1 N–H and O–H groups in total. The van der Waals surface area contributed by atoms with Crippen LogP contribution in [0.1, 0.15) is 56.6 Å². The van der Waals surface area contributed by atoms with Crippen LogP contribution in [0.3, 0.4) is 0 Å². The lowest BCUT2D eigenvalue weighted by atomic mass is 9.66. The highest BCUT2D eigenvalue weighted by Crippen LogP contribution is 2.51. The predicted molar refractivity (Wildman–Crippen MR) is 111 cm³/mol. The number of benzene rings is 1. The third kappa shape index (κ3) is 3.97. The molecule has 1 aromatic carbocycles. The molecule has 6 nitrogen and oxygen atoms in total. The van der Waals surface area contributed by atoms with Crippen molar-refractivity contribution in [2.75, 3.05) is 40.4 Å². The lowest BCUT2D eigenvalue weighted by Gasteiger charge is -2.52. The molecule has 3 aliphatic rings. The summed E-state index contributed by atoms with van der Waals surface area (Å²) in [5.41, 5.74) is 0.357. The van der Waals surface area contributed by atoms with E-state index in [-0.39, 0.29) is 17.9 Å². The van der Waals surface area contributed by atoms with Crippen molar-refractivity contribution in [1.82, 2.24) is 9.80 Å². The first-order chi connectivity index (χ1) is 14.1. The van der Waals surface area contributed by atoms with Crippen molar-refractivity contribution >= 4 is 5.91 Å². The van der Waals surface area contributed by atoms with Gasteiger partial charge in [-0.2, -0.15) is 0 Å². The fourth-order valence-electron chi connectivity index (χ4n) is 5.64. The summed E-state index contributed by atoms with van der Waals surface area (Å²) in [6, 6.07) is 5.81. The lowest BCUT2D eigenvalue weighted by Crippen LogP contribution is -2.56. The van der Waals surface area contributed by atoms with Crippen molar-refractivity contribution in [1.29, 1.82) is 0 Å². The maximum Gasteiger partial charge on any atom is 0.236 e. The van der Waals surface area contributed by atoms with E-state index in [2.05, 4.69) is 4.90 Å². The fraction of sp³-hybridized carbons (Fsp3) is 0.696. The molecule has 1 aliphatic carbocycles. The fourth-order valence-corrected chi connectivity index (χ4v) is 5.64. The molecule has 3 fully saturated rings. The number of hydrogen-bond donors (Lipinski definition) is 1. The van der Waals surface area contributed by atoms with Crippen LogP contribution < -0.4 is 9.47 Å². The summed E-state index contributed by atoms with van der Waals surface area (Å²) in [4.78, 5) is 17.2. The van der Waals surface area contributed by atoms with Crippen LogP contribution in [0.4, 0.5) is 0 Å². The molecule has 29 heavy (non-hydrogen) atoms. The van der Waals surface area contributed by atoms with Crippen LogP contribution in [-0.4, -0.2) is 66.8 Å². The van der Waals surface area contributed by atoms with Crippen LogP contribution in [-0.2, 0) is 4.79 Å². The zero-order valence-electron chi connectivity index (χ0n) is 17.7. The monoisotopic (exact) mass is 402 g/mol. The van der Waals surface area contributed by atoms with Gasteiger partial charge < -0.3 is 19.5 Å². The molecule has 0 aromatic heterocycles. The number of methoxy groups -OCH3 is 2. The Hall–Kier alpha value is -1.79. The molecule has 160 valence electrons. The number of carbonyl (C=O) groups excluding carboxylic acids is 1. The summed E-state index contributed by atoms with van der Waals surface area (Å²) >= 11 is 0. The zero-order chi connectivity index (χ0) is 20.4. The van der Waals surface area contributed by atoms with Crippen LogP contribution in [0.5, 0.6) is 11.5 Å². The van der Waals surface area contributed by atoms with Gasteiger partial charge in [-0.05, 0) is 50.3 Å². The SMILES string of the molecule is COc1ccc(OC)c([C@@H]2[C@@H]3CCCC[C@@]3(O)CCN2CC(=O)N2CCCC2)c1. The van der Waals surface area contributed by atoms with E-state index in [0.29, 0.717) is 6.54 Å². The van der Waals surface area contributed by atoms with E-state index in [1.165, 1.54) is 0 Å². The minimum atomic E-state index is -0.663. The summed E-state index contributed by atoms with van der Waals surface area (Å²) in [7, 11) is 3.35. The van der Waals surface area contributed by atoms with Crippen LogP contribution in [0, 0.1) is 5.92 Å². The molecule has 1 amide bonds. The van der Waals surface area contributed by atoms with Gasteiger partial charge in [0.1, 0.15) is 11.5 Å². The highest BCUT2D eigenvalue weighted by Gasteiger charge is 2.50. The van der Waals surface area contributed by atoms with Gasteiger partial charge in [-0.15, -0.1) is 0 Å². The normalized spacial score (nSPS) is 30.1. The van der Waals surface area contributed by atoms with Crippen molar-refractivity contribution in [3.63, 3.8) is 0 Å². The van der Waals surface area contributed by atoms with E-state index < -0.39 is 5.60 Å². The van der Waals surface area contributed by atoms with Crippen molar-refractivity contribution in [2.24, 2.45) is 5.92 Å². The Kier molecular flexibility index (Phi) is 6.02. The van der Waals surface area contributed by atoms with E-state index in [1.807, 2.05) is 23.1 Å². The number of aliphatic hydroxyl groups is 1. The van der Waals surface area contributed by atoms with Crippen LogP contribution in [0.2, 0.25) is 0 Å². The van der Waals surface area contributed by atoms with Gasteiger partial charge in [0.25, 0.3) is 0 Å². The maximum atomic E-state index is 13.0. The first kappa shape index (κ1) is 20.5. The third-order valence-corrected chi connectivity index (χ3v) is 7.22. The van der Waals surface area contributed by atoms with Gasteiger partial charge in [-0.1, -0.05) is 12.8 Å². The molecule has 3 atom stereocenters. The van der Waals surface area contributed by atoms with Gasteiger partial charge in [-0.25, -0.2) is 0 Å². The van der Waals surface area contributed by atoms with E-state index in [1.54, 1.807) is 14.2 Å².